The molecule has 0 bridgehead atoms. The summed E-state index contributed by atoms with van der Waals surface area (Å²) < 4.78 is 3.51. The number of carbonyl (C=O) groups is 1. The molecule has 1 aromatic carbocycles. The van der Waals surface area contributed by atoms with Crippen LogP contribution in [0.4, 0.5) is 0 Å². The summed E-state index contributed by atoms with van der Waals surface area (Å²) in [4.78, 5) is 21.1. The third-order valence-corrected chi connectivity index (χ3v) is 3.73. The molecule has 0 saturated heterocycles. The minimum atomic E-state index is 0.0276. The molecular weight excluding hydrogens is 294 g/mol. The zero-order valence-electron chi connectivity index (χ0n) is 13.7. The zero-order valence-corrected chi connectivity index (χ0v) is 13.7. The van der Waals surface area contributed by atoms with Crippen LogP contribution in [-0.4, -0.2) is 15.5 Å². The molecule has 7 heteroatoms. The second kappa shape index (κ2) is 8.76. The number of nitrogens with one attached hydrogen (secondary N) is 1. The highest BCUT2D eigenvalue weighted by atomic mass is 16.1. The minimum absolute atomic E-state index is 0.0276. The molecule has 0 spiro atoms. The van der Waals surface area contributed by atoms with Crippen molar-refractivity contribution in [2.24, 2.45) is 12.9 Å². The van der Waals surface area contributed by atoms with Crippen LogP contribution in [0.3, 0.4) is 0 Å². The fraction of sp³-hybridized carbons (Fsp3) is 0.438. The number of nitrogens with two attached hydrogens (primary N) is 1. The standard InChI is InChI=1S/C13H13N3O.C2H6.CH4N2O/c1-15-12-7-9(8-14)5-6-11(12)16(13(15)17)10-3-2-4-10;1-2;2-3-1-4/h5-7,10H,2-4H2,1H3;1-2H3;1H,2H2,(H,3,4). The first-order valence-electron chi connectivity index (χ1n) is 7.65. The number of nitrogens with zero attached hydrogens (tertiary/aromatic N) is 3. The second-order valence-electron chi connectivity index (χ2n) is 4.90. The molecule has 1 aliphatic carbocycles. The Morgan fingerprint density at radius 3 is 2.39 bits per heavy atom. The van der Waals surface area contributed by atoms with Crippen LogP contribution in [0.2, 0.25) is 0 Å². The van der Waals surface area contributed by atoms with Crippen LogP contribution >= 0.6 is 0 Å². The Hall–Kier alpha value is -2.59. The normalized spacial score (nSPS) is 12.8. The van der Waals surface area contributed by atoms with Gasteiger partial charge < -0.3 is 0 Å². The van der Waals surface area contributed by atoms with Gasteiger partial charge in [0, 0.05) is 13.1 Å². The van der Waals surface area contributed by atoms with Crippen molar-refractivity contribution in [1.29, 1.82) is 5.26 Å². The van der Waals surface area contributed by atoms with E-state index in [1.807, 2.05) is 24.5 Å². The van der Waals surface area contributed by atoms with Crippen LogP contribution in [0.15, 0.2) is 23.0 Å². The van der Waals surface area contributed by atoms with Crippen LogP contribution in [0, 0.1) is 11.3 Å². The molecule has 0 radical (unpaired) electrons. The SMILES string of the molecule is CC.Cn1c(=O)n(C2CCC2)c2ccc(C#N)cc21.NNC=O. The van der Waals surface area contributed by atoms with Gasteiger partial charge in [-0.2, -0.15) is 5.26 Å². The van der Waals surface area contributed by atoms with E-state index < -0.39 is 0 Å². The Kier molecular flexibility index (Phi) is 7.03. The Balaban J connectivity index is 0.000000388. The molecule has 1 amide bonds. The van der Waals surface area contributed by atoms with Crippen molar-refractivity contribution in [2.45, 2.75) is 39.2 Å². The van der Waals surface area contributed by atoms with Gasteiger partial charge in [0.1, 0.15) is 0 Å². The summed E-state index contributed by atoms with van der Waals surface area (Å²) in [6, 6.07) is 7.89. The number of amides is 1. The number of carbonyl (C=O) groups excluding carboxylic acids is 1. The molecule has 1 fully saturated rings. The van der Waals surface area contributed by atoms with E-state index in [9.17, 15) is 4.79 Å². The first kappa shape index (κ1) is 18.5. The average molecular weight is 317 g/mol. The number of aryl methyl sites for hydroxylation is 1. The molecule has 0 aliphatic heterocycles. The summed E-state index contributed by atoms with van der Waals surface area (Å²) in [6.45, 7) is 4.00. The van der Waals surface area contributed by atoms with Crippen LogP contribution in [0.1, 0.15) is 44.7 Å². The van der Waals surface area contributed by atoms with Crippen molar-refractivity contribution < 1.29 is 4.79 Å². The molecule has 7 nitrogen and oxygen atoms in total. The average Bonchev–Trinajstić information content (AvgIpc) is 2.80. The van der Waals surface area contributed by atoms with Gasteiger partial charge in [-0.1, -0.05) is 13.8 Å². The summed E-state index contributed by atoms with van der Waals surface area (Å²) >= 11 is 0. The number of rotatable bonds is 2. The third kappa shape index (κ3) is 3.79. The topological polar surface area (TPSA) is 106 Å². The van der Waals surface area contributed by atoms with Crippen molar-refractivity contribution in [2.75, 3.05) is 0 Å². The van der Waals surface area contributed by atoms with Crippen LogP contribution in [-0.2, 0) is 11.8 Å². The maximum absolute atomic E-state index is 12.2. The maximum Gasteiger partial charge on any atom is 0.329 e. The van der Waals surface area contributed by atoms with Crippen LogP contribution < -0.4 is 17.0 Å². The molecular formula is C16H23N5O2. The molecule has 1 saturated carbocycles. The van der Waals surface area contributed by atoms with Gasteiger partial charge in [-0.3, -0.25) is 19.4 Å². The number of hydrogen-bond donors (Lipinski definition) is 2. The van der Waals surface area contributed by atoms with Crippen molar-refractivity contribution in [1.82, 2.24) is 14.6 Å². The molecule has 1 aromatic heterocycles. The highest BCUT2D eigenvalue weighted by Crippen LogP contribution is 2.32. The third-order valence-electron chi connectivity index (χ3n) is 3.73. The van der Waals surface area contributed by atoms with Gasteiger partial charge in [0.15, 0.2) is 0 Å². The number of benzene rings is 1. The predicted octanol–water partition coefficient (Wildman–Crippen LogP) is 1.57. The fourth-order valence-electron chi connectivity index (χ4n) is 2.43. The van der Waals surface area contributed by atoms with Crippen molar-refractivity contribution in [3.8, 4) is 6.07 Å². The van der Waals surface area contributed by atoms with E-state index in [0.29, 0.717) is 18.0 Å². The van der Waals surface area contributed by atoms with E-state index in [4.69, 9.17) is 10.1 Å². The lowest BCUT2D eigenvalue weighted by Gasteiger charge is -2.26. The quantitative estimate of drug-likeness (QED) is 0.379. The molecule has 23 heavy (non-hydrogen) atoms. The van der Waals surface area contributed by atoms with E-state index >= 15 is 0 Å². The summed E-state index contributed by atoms with van der Waals surface area (Å²) in [7, 11) is 1.76. The zero-order chi connectivity index (χ0) is 17.4. The van der Waals surface area contributed by atoms with Gasteiger partial charge in [-0.05, 0) is 37.5 Å². The monoisotopic (exact) mass is 317 g/mol. The second-order valence-corrected chi connectivity index (χ2v) is 4.90. The van der Waals surface area contributed by atoms with Gasteiger partial charge >= 0.3 is 5.69 Å². The summed E-state index contributed by atoms with van der Waals surface area (Å²) in [5, 5.41) is 8.89. The molecule has 3 rings (SSSR count). The van der Waals surface area contributed by atoms with E-state index in [0.717, 1.165) is 23.9 Å². The Morgan fingerprint density at radius 2 is 1.96 bits per heavy atom. The minimum Gasteiger partial charge on any atom is -0.297 e. The van der Waals surface area contributed by atoms with E-state index in [-0.39, 0.29) is 5.69 Å². The van der Waals surface area contributed by atoms with Crippen molar-refractivity contribution in [3.05, 3.63) is 34.2 Å². The van der Waals surface area contributed by atoms with Gasteiger partial charge in [0.2, 0.25) is 6.41 Å². The van der Waals surface area contributed by atoms with Gasteiger partial charge in [0.25, 0.3) is 0 Å². The Labute approximate surface area is 135 Å². The molecule has 0 unspecified atom stereocenters. The lowest BCUT2D eigenvalue weighted by molar-refractivity contribution is -0.109. The van der Waals surface area contributed by atoms with Gasteiger partial charge in [-0.25, -0.2) is 10.6 Å². The molecule has 0 atom stereocenters. The van der Waals surface area contributed by atoms with Crippen LogP contribution in [0.25, 0.3) is 11.0 Å². The molecule has 124 valence electrons. The first-order valence-corrected chi connectivity index (χ1v) is 7.65. The number of hydrogen-bond acceptors (Lipinski definition) is 4. The lowest BCUT2D eigenvalue weighted by atomic mass is 9.93. The van der Waals surface area contributed by atoms with Crippen molar-refractivity contribution >= 4 is 17.4 Å². The molecule has 3 N–H and O–H groups in total. The van der Waals surface area contributed by atoms with Gasteiger partial charge in [-0.15, -0.1) is 0 Å². The highest BCUT2D eigenvalue weighted by molar-refractivity contribution is 5.78. The molecule has 2 aromatic rings. The lowest BCUT2D eigenvalue weighted by Crippen LogP contribution is -2.29. The van der Waals surface area contributed by atoms with Gasteiger partial charge in [0.05, 0.1) is 22.7 Å². The Bertz CT molecular complexity index is 750. The summed E-state index contributed by atoms with van der Waals surface area (Å²) in [6.07, 6.45) is 3.77. The maximum atomic E-state index is 12.2. The first-order chi connectivity index (χ1) is 11.1. The smallest absolute Gasteiger partial charge is 0.297 e. The largest absolute Gasteiger partial charge is 0.329 e. The van der Waals surface area contributed by atoms with E-state index in [2.05, 4.69) is 11.9 Å². The number of hydrazine groups is 1. The number of aromatic nitrogens is 2. The molecule has 1 aliphatic rings. The van der Waals surface area contributed by atoms with Crippen LogP contribution in [0.5, 0.6) is 0 Å². The number of nitriles is 1. The van der Waals surface area contributed by atoms with Crippen molar-refractivity contribution in [3.63, 3.8) is 0 Å². The number of fused-ring (bicyclic) bond motifs is 1. The predicted molar refractivity (Wildman–Crippen MR) is 89.5 cm³/mol. The fourth-order valence-corrected chi connectivity index (χ4v) is 2.43. The highest BCUT2D eigenvalue weighted by Gasteiger charge is 2.24. The Morgan fingerprint density at radius 1 is 1.35 bits per heavy atom. The molecule has 1 heterocycles. The van der Waals surface area contributed by atoms with E-state index in [1.165, 1.54) is 6.42 Å². The van der Waals surface area contributed by atoms with E-state index in [1.54, 1.807) is 29.2 Å². The summed E-state index contributed by atoms with van der Waals surface area (Å²) in [5.41, 5.74) is 4.17. The number of imidazole rings is 1. The summed E-state index contributed by atoms with van der Waals surface area (Å²) in [5.74, 6) is 4.41.